The molecule has 0 aromatic rings. The Morgan fingerprint density at radius 2 is 2.19 bits per heavy atom. The van der Waals surface area contributed by atoms with E-state index in [2.05, 4.69) is 25.2 Å². The molecule has 0 bridgehead atoms. The van der Waals surface area contributed by atoms with Crippen LogP contribution in [0.1, 0.15) is 46.0 Å². The monoisotopic (exact) mass is 222 g/mol. The average Bonchev–Trinajstić information content (AvgIpc) is 2.95. The molecule has 16 heavy (non-hydrogen) atoms. The van der Waals surface area contributed by atoms with Crippen molar-refractivity contribution in [2.75, 3.05) is 6.61 Å². The molecule has 1 N–H and O–H groups in total. The maximum atomic E-state index is 9.32. The van der Waals surface area contributed by atoms with Gasteiger partial charge in [0.25, 0.3) is 0 Å². The lowest BCUT2D eigenvalue weighted by Gasteiger charge is -2.22. The zero-order valence-electron chi connectivity index (χ0n) is 10.3. The minimum absolute atomic E-state index is 0.285. The third-order valence-corrected chi connectivity index (χ3v) is 3.41. The highest BCUT2D eigenvalue weighted by atomic mass is 16.5. The first-order chi connectivity index (χ1) is 7.63. The van der Waals surface area contributed by atoms with Gasteiger partial charge in [-0.25, -0.2) is 0 Å². The third kappa shape index (κ3) is 2.96. The molecule has 2 aliphatic rings. The van der Waals surface area contributed by atoms with E-state index in [1.165, 1.54) is 12.8 Å². The maximum Gasteiger partial charge on any atom is 0.109 e. The van der Waals surface area contributed by atoms with Gasteiger partial charge in [-0.15, -0.1) is 0 Å². The lowest BCUT2D eigenvalue weighted by atomic mass is 9.99. The Morgan fingerprint density at radius 3 is 2.75 bits per heavy atom. The summed E-state index contributed by atoms with van der Waals surface area (Å²) in [6.07, 6.45) is 5.60. The summed E-state index contributed by atoms with van der Waals surface area (Å²) in [4.78, 5) is 0. The molecule has 0 aliphatic heterocycles. The second-order valence-corrected chi connectivity index (χ2v) is 5.70. The molecule has 0 amide bonds. The van der Waals surface area contributed by atoms with Gasteiger partial charge < -0.3 is 4.74 Å². The molecule has 2 fully saturated rings. The van der Waals surface area contributed by atoms with E-state index in [1.54, 1.807) is 0 Å². The lowest BCUT2D eigenvalue weighted by Crippen LogP contribution is -2.43. The Kier molecular flexibility index (Phi) is 3.51. The fourth-order valence-electron chi connectivity index (χ4n) is 2.35. The summed E-state index contributed by atoms with van der Waals surface area (Å²) in [5.74, 6) is 0.577. The fourth-order valence-corrected chi connectivity index (χ4v) is 2.35. The standard InChI is InChI=1S/C13H22N2O/c1-10(2)8-16-12-5-6-13(7-12,9-14)15-11-3-4-11/h10-12,15H,3-8H2,1-2H3. The molecule has 0 saturated heterocycles. The molecule has 2 rings (SSSR count). The van der Waals surface area contributed by atoms with Crippen LogP contribution < -0.4 is 5.32 Å². The van der Waals surface area contributed by atoms with E-state index in [0.29, 0.717) is 12.0 Å². The normalized spacial score (nSPS) is 34.2. The van der Waals surface area contributed by atoms with Gasteiger partial charge in [0.1, 0.15) is 5.54 Å². The van der Waals surface area contributed by atoms with Crippen LogP contribution in [0.2, 0.25) is 0 Å². The molecular formula is C13H22N2O. The molecule has 3 heteroatoms. The van der Waals surface area contributed by atoms with E-state index in [9.17, 15) is 5.26 Å². The van der Waals surface area contributed by atoms with E-state index in [4.69, 9.17) is 4.74 Å². The summed E-state index contributed by atoms with van der Waals surface area (Å²) in [6, 6.07) is 3.08. The molecule has 0 radical (unpaired) electrons. The van der Waals surface area contributed by atoms with Gasteiger partial charge >= 0.3 is 0 Å². The third-order valence-electron chi connectivity index (χ3n) is 3.41. The number of rotatable bonds is 5. The largest absolute Gasteiger partial charge is 0.378 e. The summed E-state index contributed by atoms with van der Waals surface area (Å²) in [7, 11) is 0. The SMILES string of the molecule is CC(C)COC1CCC(C#N)(NC2CC2)C1. The van der Waals surface area contributed by atoms with Crippen molar-refractivity contribution in [3.63, 3.8) is 0 Å². The molecule has 0 aromatic heterocycles. The first-order valence-corrected chi connectivity index (χ1v) is 6.44. The van der Waals surface area contributed by atoms with Gasteiger partial charge in [-0.3, -0.25) is 5.32 Å². The van der Waals surface area contributed by atoms with Crippen LogP contribution in [0.15, 0.2) is 0 Å². The van der Waals surface area contributed by atoms with Crippen LogP contribution >= 0.6 is 0 Å². The number of nitriles is 1. The molecular weight excluding hydrogens is 200 g/mol. The minimum Gasteiger partial charge on any atom is -0.378 e. The molecule has 2 aliphatic carbocycles. The molecule has 2 saturated carbocycles. The van der Waals surface area contributed by atoms with Crippen LogP contribution in [0.3, 0.4) is 0 Å². The van der Waals surface area contributed by atoms with Crippen LogP contribution in [0, 0.1) is 17.2 Å². The number of hydrogen-bond acceptors (Lipinski definition) is 3. The Hall–Kier alpha value is -0.590. The van der Waals surface area contributed by atoms with E-state index in [1.807, 2.05) is 0 Å². The number of nitrogens with one attached hydrogen (secondary N) is 1. The zero-order valence-corrected chi connectivity index (χ0v) is 10.3. The fraction of sp³-hybridized carbons (Fsp3) is 0.923. The van der Waals surface area contributed by atoms with Crippen molar-refractivity contribution in [2.45, 2.75) is 63.6 Å². The summed E-state index contributed by atoms with van der Waals surface area (Å²) < 4.78 is 5.83. The van der Waals surface area contributed by atoms with Crippen LogP contribution in [-0.2, 0) is 4.74 Å². The Labute approximate surface area is 98.2 Å². The van der Waals surface area contributed by atoms with Gasteiger partial charge in [-0.05, 0) is 31.6 Å². The predicted octanol–water partition coefficient (Wildman–Crippen LogP) is 2.23. The lowest BCUT2D eigenvalue weighted by molar-refractivity contribution is 0.0373. The zero-order chi connectivity index (χ0) is 11.6. The molecule has 0 heterocycles. The summed E-state index contributed by atoms with van der Waals surface area (Å²) in [5, 5.41) is 12.8. The second-order valence-electron chi connectivity index (χ2n) is 5.70. The highest BCUT2D eigenvalue weighted by molar-refractivity contribution is 5.14. The van der Waals surface area contributed by atoms with Gasteiger partial charge in [0.15, 0.2) is 0 Å². The minimum atomic E-state index is -0.289. The van der Waals surface area contributed by atoms with Crippen molar-refractivity contribution in [3.8, 4) is 6.07 Å². The first-order valence-electron chi connectivity index (χ1n) is 6.44. The Bertz CT molecular complexity index is 280. The van der Waals surface area contributed by atoms with Crippen molar-refractivity contribution >= 4 is 0 Å². The molecule has 2 unspecified atom stereocenters. The quantitative estimate of drug-likeness (QED) is 0.775. The highest BCUT2D eigenvalue weighted by Crippen LogP contribution is 2.35. The van der Waals surface area contributed by atoms with Gasteiger partial charge in [0.2, 0.25) is 0 Å². The summed E-state index contributed by atoms with van der Waals surface area (Å²) in [6.45, 7) is 5.14. The molecule has 3 nitrogen and oxygen atoms in total. The predicted molar refractivity (Wildman–Crippen MR) is 62.9 cm³/mol. The summed E-state index contributed by atoms with van der Waals surface area (Å²) in [5.41, 5.74) is -0.289. The molecule has 0 spiro atoms. The topological polar surface area (TPSA) is 45.0 Å². The van der Waals surface area contributed by atoms with Gasteiger partial charge in [-0.1, -0.05) is 13.8 Å². The molecule has 2 atom stereocenters. The average molecular weight is 222 g/mol. The Balaban J connectivity index is 1.82. The maximum absolute atomic E-state index is 9.32. The summed E-state index contributed by atoms with van der Waals surface area (Å²) >= 11 is 0. The van der Waals surface area contributed by atoms with E-state index < -0.39 is 0 Å². The number of ether oxygens (including phenoxy) is 1. The van der Waals surface area contributed by atoms with E-state index in [-0.39, 0.29) is 11.6 Å². The Morgan fingerprint density at radius 1 is 1.44 bits per heavy atom. The van der Waals surface area contributed by atoms with E-state index in [0.717, 1.165) is 25.9 Å². The number of hydrogen-bond donors (Lipinski definition) is 1. The number of nitrogens with zero attached hydrogens (tertiary/aromatic N) is 1. The van der Waals surface area contributed by atoms with Gasteiger partial charge in [0, 0.05) is 19.1 Å². The van der Waals surface area contributed by atoms with Crippen molar-refractivity contribution in [3.05, 3.63) is 0 Å². The molecule has 90 valence electrons. The highest BCUT2D eigenvalue weighted by Gasteiger charge is 2.43. The van der Waals surface area contributed by atoms with E-state index >= 15 is 0 Å². The van der Waals surface area contributed by atoms with Crippen LogP contribution in [-0.4, -0.2) is 24.3 Å². The first kappa shape index (κ1) is 11.9. The van der Waals surface area contributed by atoms with Crippen molar-refractivity contribution < 1.29 is 4.74 Å². The van der Waals surface area contributed by atoms with Gasteiger partial charge in [0.05, 0.1) is 12.2 Å². The molecule has 0 aromatic carbocycles. The van der Waals surface area contributed by atoms with Crippen molar-refractivity contribution in [1.82, 2.24) is 5.32 Å². The van der Waals surface area contributed by atoms with Crippen molar-refractivity contribution in [2.24, 2.45) is 5.92 Å². The van der Waals surface area contributed by atoms with Crippen LogP contribution in [0.5, 0.6) is 0 Å². The van der Waals surface area contributed by atoms with Crippen LogP contribution in [0.4, 0.5) is 0 Å². The van der Waals surface area contributed by atoms with Gasteiger partial charge in [-0.2, -0.15) is 5.26 Å². The second kappa shape index (κ2) is 4.73. The van der Waals surface area contributed by atoms with Crippen molar-refractivity contribution in [1.29, 1.82) is 5.26 Å². The smallest absolute Gasteiger partial charge is 0.109 e. The van der Waals surface area contributed by atoms with Crippen LogP contribution in [0.25, 0.3) is 0 Å².